The van der Waals surface area contributed by atoms with E-state index in [0.717, 1.165) is 24.2 Å². The molecular weight excluding hydrogens is 488 g/mol. The summed E-state index contributed by atoms with van der Waals surface area (Å²) in [6.45, 7) is 2.72. The summed E-state index contributed by atoms with van der Waals surface area (Å²) in [5.74, 6) is -0.0769. The molecule has 1 aromatic carbocycles. The van der Waals surface area contributed by atoms with E-state index in [1.165, 1.54) is 0 Å². The van der Waals surface area contributed by atoms with Crippen molar-refractivity contribution in [2.45, 2.75) is 81.7 Å². The Bertz CT molecular complexity index is 1080. The van der Waals surface area contributed by atoms with Crippen LogP contribution in [0, 0.1) is 0 Å². The van der Waals surface area contributed by atoms with Gasteiger partial charge < -0.3 is 35.8 Å². The van der Waals surface area contributed by atoms with Crippen LogP contribution in [0.4, 0.5) is 4.79 Å². The molecule has 0 unspecified atom stereocenters. The molecule has 1 saturated carbocycles. The molecule has 11 heteroatoms. The standard InChI is InChI=1S/C27H38N6O5/c1-16(28-2)24(34)31-21-15-32(27(37)29-17-7-8-17)13-11-18-9-10-22(33(18)26(21)36)25(35)30-20-12-14-38-23-6-4-3-5-19(20)23/h3-6,16-18,20-22,28H,7-15H2,1-2H3,(H,29,37)(H,30,35)(H,31,34)/t16-,18+,20+,21-,22-/m0/s1. The van der Waals surface area contributed by atoms with Crippen LogP contribution in [-0.2, 0) is 14.4 Å². The van der Waals surface area contributed by atoms with E-state index in [1.54, 1.807) is 23.8 Å². The molecule has 38 heavy (non-hydrogen) atoms. The fourth-order valence-corrected chi connectivity index (χ4v) is 5.61. The van der Waals surface area contributed by atoms with Gasteiger partial charge >= 0.3 is 6.03 Å². The van der Waals surface area contributed by atoms with Crippen LogP contribution in [0.1, 0.15) is 57.1 Å². The second kappa shape index (κ2) is 11.2. The number of carbonyl (C=O) groups is 4. The summed E-state index contributed by atoms with van der Waals surface area (Å²) in [6, 6.07) is 5.20. The molecule has 3 aliphatic heterocycles. The molecule has 5 amide bonds. The fourth-order valence-electron chi connectivity index (χ4n) is 5.61. The van der Waals surface area contributed by atoms with Crippen molar-refractivity contribution in [3.8, 4) is 5.75 Å². The molecule has 1 aliphatic carbocycles. The normalized spacial score (nSPS) is 27.7. The van der Waals surface area contributed by atoms with Crippen LogP contribution < -0.4 is 26.0 Å². The zero-order valence-corrected chi connectivity index (χ0v) is 22.1. The smallest absolute Gasteiger partial charge is 0.317 e. The summed E-state index contributed by atoms with van der Waals surface area (Å²) in [7, 11) is 1.67. The molecule has 4 N–H and O–H groups in total. The molecule has 0 aromatic heterocycles. The monoisotopic (exact) mass is 526 g/mol. The van der Waals surface area contributed by atoms with Crippen LogP contribution in [0.25, 0.3) is 0 Å². The Balaban J connectivity index is 1.34. The van der Waals surface area contributed by atoms with Crippen molar-refractivity contribution >= 4 is 23.8 Å². The lowest BCUT2D eigenvalue weighted by Gasteiger charge is -2.39. The molecule has 206 valence electrons. The summed E-state index contributed by atoms with van der Waals surface area (Å²) in [5, 5.41) is 11.9. The highest BCUT2D eigenvalue weighted by Crippen LogP contribution is 2.34. The minimum absolute atomic E-state index is 0.0600. The largest absolute Gasteiger partial charge is 0.493 e. The van der Waals surface area contributed by atoms with Gasteiger partial charge in [0, 0.05) is 30.6 Å². The third-order valence-corrected chi connectivity index (χ3v) is 8.10. The molecule has 3 fully saturated rings. The van der Waals surface area contributed by atoms with E-state index < -0.39 is 18.1 Å². The Kier molecular flexibility index (Phi) is 7.73. The van der Waals surface area contributed by atoms with Gasteiger partial charge in [-0.15, -0.1) is 0 Å². The lowest BCUT2D eigenvalue weighted by Crippen LogP contribution is -2.63. The zero-order valence-electron chi connectivity index (χ0n) is 22.1. The third-order valence-electron chi connectivity index (χ3n) is 8.10. The Morgan fingerprint density at radius 2 is 1.76 bits per heavy atom. The van der Waals surface area contributed by atoms with Gasteiger partial charge in [0.2, 0.25) is 17.7 Å². The predicted octanol–water partition coefficient (Wildman–Crippen LogP) is 0.656. The molecule has 3 heterocycles. The van der Waals surface area contributed by atoms with E-state index in [1.807, 2.05) is 24.3 Å². The lowest BCUT2D eigenvalue weighted by atomic mass is 10.00. The minimum atomic E-state index is -0.941. The molecular formula is C27H38N6O5. The molecule has 5 rings (SSSR count). The number of rotatable bonds is 6. The minimum Gasteiger partial charge on any atom is -0.493 e. The first-order valence-corrected chi connectivity index (χ1v) is 13.7. The van der Waals surface area contributed by atoms with Gasteiger partial charge in [0.05, 0.1) is 25.2 Å². The van der Waals surface area contributed by atoms with Gasteiger partial charge in [-0.2, -0.15) is 0 Å². The van der Waals surface area contributed by atoms with E-state index in [4.69, 9.17) is 4.74 Å². The Morgan fingerprint density at radius 3 is 2.53 bits per heavy atom. The van der Waals surface area contributed by atoms with Gasteiger partial charge in [0.15, 0.2) is 0 Å². The van der Waals surface area contributed by atoms with Gasteiger partial charge in [0.1, 0.15) is 17.8 Å². The van der Waals surface area contributed by atoms with Crippen molar-refractivity contribution in [2.75, 3.05) is 26.7 Å². The number of urea groups is 1. The van der Waals surface area contributed by atoms with Gasteiger partial charge in [-0.1, -0.05) is 18.2 Å². The number of ether oxygens (including phenoxy) is 1. The Labute approximate surface area is 223 Å². The Morgan fingerprint density at radius 1 is 0.974 bits per heavy atom. The number of nitrogens with one attached hydrogen (secondary N) is 4. The van der Waals surface area contributed by atoms with E-state index >= 15 is 0 Å². The van der Waals surface area contributed by atoms with Crippen molar-refractivity contribution in [3.63, 3.8) is 0 Å². The van der Waals surface area contributed by atoms with Crippen molar-refractivity contribution in [3.05, 3.63) is 29.8 Å². The summed E-state index contributed by atoms with van der Waals surface area (Å²) in [5.41, 5.74) is 0.934. The first kappa shape index (κ1) is 26.3. The van der Waals surface area contributed by atoms with Crippen LogP contribution >= 0.6 is 0 Å². The quantitative estimate of drug-likeness (QED) is 0.431. The fraction of sp³-hybridized carbons (Fsp3) is 0.630. The maximum atomic E-state index is 14.0. The molecule has 11 nitrogen and oxygen atoms in total. The van der Waals surface area contributed by atoms with Gasteiger partial charge in [-0.25, -0.2) is 4.79 Å². The van der Waals surface area contributed by atoms with Gasteiger partial charge in [0.25, 0.3) is 0 Å². The second-order valence-corrected chi connectivity index (χ2v) is 10.8. The first-order valence-electron chi connectivity index (χ1n) is 13.7. The summed E-state index contributed by atoms with van der Waals surface area (Å²) < 4.78 is 5.73. The summed E-state index contributed by atoms with van der Waals surface area (Å²) in [6.07, 6.45) is 4.36. The lowest BCUT2D eigenvalue weighted by molar-refractivity contribution is -0.145. The van der Waals surface area contributed by atoms with E-state index in [-0.39, 0.29) is 48.4 Å². The average molecular weight is 527 g/mol. The van der Waals surface area contributed by atoms with E-state index in [0.29, 0.717) is 38.8 Å². The van der Waals surface area contributed by atoms with Crippen LogP contribution in [0.2, 0.25) is 0 Å². The number of nitrogens with zero attached hydrogens (tertiary/aromatic N) is 2. The maximum Gasteiger partial charge on any atom is 0.317 e. The molecule has 4 aliphatic rings. The number of fused-ring (bicyclic) bond motifs is 2. The number of hydrogen-bond acceptors (Lipinski definition) is 6. The number of likely N-dealkylation sites (N-methyl/N-ethyl adjacent to an activating group) is 1. The van der Waals surface area contributed by atoms with Crippen LogP contribution in [0.15, 0.2) is 24.3 Å². The van der Waals surface area contributed by atoms with Crippen LogP contribution in [-0.4, -0.2) is 90.5 Å². The van der Waals surface area contributed by atoms with E-state index in [2.05, 4.69) is 21.3 Å². The van der Waals surface area contributed by atoms with Crippen LogP contribution in [0.5, 0.6) is 5.75 Å². The van der Waals surface area contributed by atoms with Crippen molar-refractivity contribution in [2.24, 2.45) is 0 Å². The van der Waals surface area contributed by atoms with Crippen molar-refractivity contribution in [1.82, 2.24) is 31.1 Å². The molecule has 0 spiro atoms. The molecule has 5 atom stereocenters. The zero-order chi connectivity index (χ0) is 26.8. The number of amides is 5. The average Bonchev–Trinajstić information content (AvgIpc) is 3.63. The number of benzene rings is 1. The van der Waals surface area contributed by atoms with Crippen LogP contribution in [0.3, 0.4) is 0 Å². The second-order valence-electron chi connectivity index (χ2n) is 10.8. The molecule has 2 saturated heterocycles. The third kappa shape index (κ3) is 5.57. The Hall–Kier alpha value is -3.34. The highest BCUT2D eigenvalue weighted by molar-refractivity contribution is 5.94. The predicted molar refractivity (Wildman–Crippen MR) is 139 cm³/mol. The number of para-hydroxylation sites is 1. The van der Waals surface area contributed by atoms with E-state index in [9.17, 15) is 19.2 Å². The summed E-state index contributed by atoms with van der Waals surface area (Å²) in [4.78, 5) is 56.6. The maximum absolute atomic E-state index is 14.0. The van der Waals surface area contributed by atoms with Crippen molar-refractivity contribution < 1.29 is 23.9 Å². The highest BCUT2D eigenvalue weighted by Gasteiger charge is 2.46. The number of carbonyl (C=O) groups excluding carboxylic acids is 4. The first-order chi connectivity index (χ1) is 18.4. The van der Waals surface area contributed by atoms with Gasteiger partial charge in [-0.3, -0.25) is 14.4 Å². The van der Waals surface area contributed by atoms with Gasteiger partial charge in [-0.05, 0) is 52.1 Å². The summed E-state index contributed by atoms with van der Waals surface area (Å²) >= 11 is 0. The number of hydrogen-bond donors (Lipinski definition) is 4. The topological polar surface area (TPSA) is 132 Å². The SMILES string of the molecule is CN[C@@H](C)C(=O)N[C@H]1CN(C(=O)NC2CC2)CC[C@H]2CC[C@@H](C(=O)N[C@@H]3CCOc4ccccc43)N2C1=O. The van der Waals surface area contributed by atoms with Crippen molar-refractivity contribution in [1.29, 1.82) is 0 Å². The highest BCUT2D eigenvalue weighted by atomic mass is 16.5. The molecule has 0 bridgehead atoms. The molecule has 1 aromatic rings. The molecule has 0 radical (unpaired) electrons.